The number of hydrogen-bond donors (Lipinski definition) is 3. The van der Waals surface area contributed by atoms with Gasteiger partial charge in [0.15, 0.2) is 0 Å². The van der Waals surface area contributed by atoms with E-state index in [1.165, 1.54) is 12.8 Å². The van der Waals surface area contributed by atoms with Gasteiger partial charge in [0.25, 0.3) is 10.0 Å². The number of benzene rings is 1. The molecule has 1 unspecified atom stereocenters. The highest BCUT2D eigenvalue weighted by atomic mass is 32.2. The second-order valence-corrected chi connectivity index (χ2v) is 8.81. The summed E-state index contributed by atoms with van der Waals surface area (Å²) in [5, 5.41) is 6.38. The van der Waals surface area contributed by atoms with Crippen LogP contribution in [0.25, 0.3) is 0 Å². The van der Waals surface area contributed by atoms with Crippen LogP contribution in [0.2, 0.25) is 0 Å². The highest BCUT2D eigenvalue weighted by molar-refractivity contribution is 7.90. The monoisotopic (exact) mass is 392 g/mol. The van der Waals surface area contributed by atoms with Crippen molar-refractivity contribution in [3.63, 3.8) is 0 Å². The minimum absolute atomic E-state index is 0.115. The van der Waals surface area contributed by atoms with E-state index in [2.05, 4.69) is 20.3 Å². The van der Waals surface area contributed by atoms with Gasteiger partial charge in [-0.3, -0.25) is 14.5 Å². The van der Waals surface area contributed by atoms with Crippen LogP contribution in [0, 0.1) is 5.92 Å². The van der Waals surface area contributed by atoms with Crippen LogP contribution < -0.4 is 15.4 Å². The van der Waals surface area contributed by atoms with E-state index >= 15 is 0 Å². The Bertz CT molecular complexity index is 786. The highest BCUT2D eigenvalue weighted by Crippen LogP contribution is 2.22. The molecule has 1 amide bonds. The second-order valence-electron chi connectivity index (χ2n) is 7.16. The summed E-state index contributed by atoms with van der Waals surface area (Å²) in [4.78, 5) is 16.6. The van der Waals surface area contributed by atoms with Gasteiger partial charge >= 0.3 is 0 Å². The van der Waals surface area contributed by atoms with E-state index < -0.39 is 10.0 Å². The first-order valence-electron chi connectivity index (χ1n) is 9.70. The predicted octanol–water partition coefficient (Wildman–Crippen LogP) is 1.40. The number of carbonyl (C=O) groups is 1. The van der Waals surface area contributed by atoms with Gasteiger partial charge in [-0.2, -0.15) is 0 Å². The van der Waals surface area contributed by atoms with Crippen LogP contribution in [-0.4, -0.2) is 46.3 Å². The highest BCUT2D eigenvalue weighted by Gasteiger charge is 2.29. The number of amidine groups is 1. The molecule has 0 aromatic heterocycles. The van der Waals surface area contributed by atoms with E-state index in [0.717, 1.165) is 38.9 Å². The fourth-order valence-corrected chi connectivity index (χ4v) is 4.71. The van der Waals surface area contributed by atoms with Gasteiger partial charge in [0.1, 0.15) is 5.84 Å². The minimum Gasteiger partial charge on any atom is -0.356 e. The Morgan fingerprint density at radius 1 is 1.22 bits per heavy atom. The van der Waals surface area contributed by atoms with Gasteiger partial charge in [0, 0.05) is 25.1 Å². The average molecular weight is 393 g/mol. The summed E-state index contributed by atoms with van der Waals surface area (Å²) >= 11 is 0. The lowest BCUT2D eigenvalue weighted by atomic mass is 10.00. The minimum atomic E-state index is -3.47. The summed E-state index contributed by atoms with van der Waals surface area (Å²) in [6, 6.07) is 6.86. The topological polar surface area (TPSA) is 99.7 Å². The lowest BCUT2D eigenvalue weighted by Crippen LogP contribution is -2.38. The average Bonchev–Trinajstić information content (AvgIpc) is 2.94. The number of fused-ring (bicyclic) bond motifs is 1. The Labute approximate surface area is 161 Å². The third-order valence-corrected chi connectivity index (χ3v) is 6.38. The van der Waals surface area contributed by atoms with E-state index in [9.17, 15) is 13.2 Å². The fraction of sp³-hybridized carbons (Fsp3) is 0.579. The molecule has 3 rings (SSSR count). The first-order valence-corrected chi connectivity index (χ1v) is 11.2. The molecule has 0 saturated carbocycles. The van der Waals surface area contributed by atoms with Crippen molar-refractivity contribution < 1.29 is 13.2 Å². The lowest BCUT2D eigenvalue weighted by molar-refractivity contribution is -0.121. The van der Waals surface area contributed by atoms with Crippen molar-refractivity contribution in [2.24, 2.45) is 10.9 Å². The normalized spacial score (nSPS) is 22.2. The number of rotatable bonds is 8. The Hall–Kier alpha value is -1.93. The molecule has 27 heavy (non-hydrogen) atoms. The SMILES string of the molecule is O=C(CCCCCN=C1NS(=O)(=O)c2ccccc21)NCC1CCCNC1. The van der Waals surface area contributed by atoms with Crippen LogP contribution in [0.15, 0.2) is 34.2 Å². The zero-order chi connectivity index (χ0) is 19.1. The molecule has 1 aromatic rings. The van der Waals surface area contributed by atoms with Crippen LogP contribution in [-0.2, 0) is 14.8 Å². The van der Waals surface area contributed by atoms with E-state index in [-0.39, 0.29) is 10.8 Å². The van der Waals surface area contributed by atoms with Gasteiger partial charge in [-0.1, -0.05) is 18.6 Å². The van der Waals surface area contributed by atoms with Crippen LogP contribution in [0.3, 0.4) is 0 Å². The molecule has 0 spiro atoms. The molecule has 0 bridgehead atoms. The number of sulfonamides is 1. The standard InChI is InChI=1S/C19H28N4O3S/c24-18(22-14-15-7-6-11-20-13-15)10-2-1-5-12-21-19-16-8-3-4-9-17(16)27(25,26)23-19/h3-4,8-9,15,20H,1-2,5-7,10-14H2,(H,21,23)(H,22,24). The number of hydrogen-bond acceptors (Lipinski definition) is 5. The largest absolute Gasteiger partial charge is 0.356 e. The van der Waals surface area contributed by atoms with Crippen molar-refractivity contribution in [3.8, 4) is 0 Å². The fourth-order valence-electron chi connectivity index (χ4n) is 3.46. The van der Waals surface area contributed by atoms with Crippen molar-refractivity contribution in [2.75, 3.05) is 26.2 Å². The molecule has 1 aromatic carbocycles. The van der Waals surface area contributed by atoms with Gasteiger partial charge in [-0.15, -0.1) is 0 Å². The van der Waals surface area contributed by atoms with E-state index in [0.29, 0.717) is 30.3 Å². The van der Waals surface area contributed by atoms with Crippen LogP contribution in [0.5, 0.6) is 0 Å². The molecule has 148 valence electrons. The summed E-state index contributed by atoms with van der Waals surface area (Å²) in [6.07, 6.45) is 5.44. The van der Waals surface area contributed by atoms with Gasteiger partial charge in [0.2, 0.25) is 5.91 Å². The van der Waals surface area contributed by atoms with E-state index in [1.807, 2.05) is 0 Å². The maximum Gasteiger partial charge on any atom is 0.263 e. The van der Waals surface area contributed by atoms with Gasteiger partial charge in [-0.25, -0.2) is 8.42 Å². The molecule has 1 saturated heterocycles. The second kappa shape index (κ2) is 9.32. The maximum absolute atomic E-state index is 12.0. The summed E-state index contributed by atoms with van der Waals surface area (Å²) in [5.41, 5.74) is 0.633. The Morgan fingerprint density at radius 3 is 2.89 bits per heavy atom. The van der Waals surface area contributed by atoms with E-state index in [4.69, 9.17) is 0 Å². The molecule has 2 heterocycles. The smallest absolute Gasteiger partial charge is 0.263 e. The number of nitrogens with zero attached hydrogens (tertiary/aromatic N) is 1. The number of amides is 1. The van der Waals surface area contributed by atoms with Gasteiger partial charge in [0.05, 0.1) is 4.90 Å². The number of carbonyl (C=O) groups excluding carboxylic acids is 1. The third kappa shape index (κ3) is 5.52. The van der Waals surface area contributed by atoms with Crippen molar-refractivity contribution in [2.45, 2.75) is 43.4 Å². The molecule has 1 fully saturated rings. The zero-order valence-corrected chi connectivity index (χ0v) is 16.4. The van der Waals surface area contributed by atoms with Crippen molar-refractivity contribution in [1.29, 1.82) is 0 Å². The molecule has 8 heteroatoms. The van der Waals surface area contributed by atoms with Crippen molar-refractivity contribution in [3.05, 3.63) is 29.8 Å². The molecule has 7 nitrogen and oxygen atoms in total. The van der Waals surface area contributed by atoms with Crippen molar-refractivity contribution >= 4 is 21.8 Å². The van der Waals surface area contributed by atoms with Crippen molar-refractivity contribution in [1.82, 2.24) is 15.4 Å². The summed E-state index contributed by atoms with van der Waals surface area (Å²) < 4.78 is 26.5. The van der Waals surface area contributed by atoms with Gasteiger partial charge in [-0.05, 0) is 56.8 Å². The Morgan fingerprint density at radius 2 is 2.07 bits per heavy atom. The molecular weight excluding hydrogens is 364 g/mol. The number of unbranched alkanes of at least 4 members (excludes halogenated alkanes) is 2. The van der Waals surface area contributed by atoms with Gasteiger partial charge < -0.3 is 10.6 Å². The number of aliphatic imine (C=N–C) groups is 1. The summed E-state index contributed by atoms with van der Waals surface area (Å²) in [7, 11) is -3.47. The van der Waals surface area contributed by atoms with E-state index in [1.54, 1.807) is 24.3 Å². The predicted molar refractivity (Wildman–Crippen MR) is 105 cm³/mol. The quantitative estimate of drug-likeness (QED) is 0.582. The Balaban J connectivity index is 1.33. The number of nitrogens with one attached hydrogen (secondary N) is 3. The molecule has 0 radical (unpaired) electrons. The molecule has 3 N–H and O–H groups in total. The van der Waals surface area contributed by atoms with Crippen LogP contribution >= 0.6 is 0 Å². The lowest BCUT2D eigenvalue weighted by Gasteiger charge is -2.22. The third-order valence-electron chi connectivity index (χ3n) is 4.98. The van der Waals surface area contributed by atoms with Crippen LogP contribution in [0.1, 0.15) is 44.1 Å². The first-order chi connectivity index (χ1) is 13.1. The zero-order valence-electron chi connectivity index (χ0n) is 15.5. The molecule has 1 atom stereocenters. The molecule has 2 aliphatic heterocycles. The summed E-state index contributed by atoms with van der Waals surface area (Å²) in [6.45, 7) is 3.38. The summed E-state index contributed by atoms with van der Waals surface area (Å²) in [5.74, 6) is 1.09. The Kier molecular flexibility index (Phi) is 6.84. The number of piperidine rings is 1. The first kappa shape index (κ1) is 19.8. The van der Waals surface area contributed by atoms with Crippen LogP contribution in [0.4, 0.5) is 0 Å². The molecule has 2 aliphatic rings. The molecule has 0 aliphatic carbocycles. The molecular formula is C19H28N4O3S. The maximum atomic E-state index is 12.0.